The molecule has 1 aliphatic carbocycles. The van der Waals surface area contributed by atoms with Crippen LogP contribution in [0.5, 0.6) is 0 Å². The molecule has 112 valence electrons. The summed E-state index contributed by atoms with van der Waals surface area (Å²) in [5, 5.41) is 13.5. The van der Waals surface area contributed by atoms with Crippen molar-refractivity contribution < 1.29 is 9.63 Å². The lowest BCUT2D eigenvalue weighted by Crippen LogP contribution is -2.36. The molecule has 0 aliphatic heterocycles. The van der Waals surface area contributed by atoms with E-state index in [1.54, 1.807) is 0 Å². The van der Waals surface area contributed by atoms with Crippen LogP contribution in [0, 0.1) is 12.8 Å². The number of hydrogen-bond donors (Lipinski definition) is 1. The average Bonchev–Trinajstić information content (AvgIpc) is 2.86. The number of nitrogens with zero attached hydrogens (tertiary/aromatic N) is 2. The molecular weight excluding hydrogens is 264 g/mol. The summed E-state index contributed by atoms with van der Waals surface area (Å²) < 4.78 is 5.43. The van der Waals surface area contributed by atoms with Gasteiger partial charge in [-0.3, -0.25) is 4.90 Å². The molecule has 1 saturated carbocycles. The zero-order valence-corrected chi connectivity index (χ0v) is 12.6. The first kappa shape index (κ1) is 14.3. The van der Waals surface area contributed by atoms with Crippen LogP contribution in [0.2, 0.25) is 0 Å². The van der Waals surface area contributed by atoms with Gasteiger partial charge in [0.15, 0.2) is 5.76 Å². The Morgan fingerprint density at radius 2 is 2.00 bits per heavy atom. The predicted molar refractivity (Wildman–Crippen MR) is 81.7 cm³/mol. The third-order valence-corrected chi connectivity index (χ3v) is 4.11. The summed E-state index contributed by atoms with van der Waals surface area (Å²) in [5.74, 6) is 1.50. The molecular formula is C17H22N2O2. The molecule has 1 fully saturated rings. The number of aromatic nitrogens is 1. The normalized spacial score (nSPS) is 21.5. The van der Waals surface area contributed by atoms with Crippen molar-refractivity contribution in [3.8, 4) is 11.3 Å². The summed E-state index contributed by atoms with van der Waals surface area (Å²) in [6, 6.07) is 10.3. The lowest BCUT2D eigenvalue weighted by Gasteiger charge is -2.34. The van der Waals surface area contributed by atoms with Gasteiger partial charge in [0.2, 0.25) is 0 Å². The van der Waals surface area contributed by atoms with Gasteiger partial charge >= 0.3 is 0 Å². The standard InChI is InChI=1S/C17H22N2O2/c1-12-3-5-14(6-4-12)17-9-16(21-18-17)11-19(2)10-13-7-15(20)8-13/h3-6,9,13,15,20H,7-8,10-11H2,1-2H3. The van der Waals surface area contributed by atoms with Gasteiger partial charge in [0.1, 0.15) is 5.69 Å². The van der Waals surface area contributed by atoms with E-state index < -0.39 is 0 Å². The molecule has 2 aromatic rings. The van der Waals surface area contributed by atoms with Crippen LogP contribution in [-0.2, 0) is 6.54 Å². The number of rotatable bonds is 5. The van der Waals surface area contributed by atoms with E-state index in [2.05, 4.69) is 48.3 Å². The Balaban J connectivity index is 1.58. The van der Waals surface area contributed by atoms with Crippen LogP contribution in [-0.4, -0.2) is 34.9 Å². The third-order valence-electron chi connectivity index (χ3n) is 4.11. The summed E-state index contributed by atoms with van der Waals surface area (Å²) in [7, 11) is 2.08. The topological polar surface area (TPSA) is 49.5 Å². The quantitative estimate of drug-likeness (QED) is 0.918. The summed E-state index contributed by atoms with van der Waals surface area (Å²) in [4.78, 5) is 2.23. The number of aliphatic hydroxyl groups excluding tert-OH is 1. The minimum atomic E-state index is -0.0816. The van der Waals surface area contributed by atoms with Gasteiger partial charge in [-0.15, -0.1) is 0 Å². The Bertz CT molecular complexity index is 585. The molecule has 3 rings (SSSR count). The van der Waals surface area contributed by atoms with E-state index in [4.69, 9.17) is 4.52 Å². The molecule has 0 radical (unpaired) electrons. The zero-order valence-electron chi connectivity index (χ0n) is 12.6. The van der Waals surface area contributed by atoms with Crippen molar-refractivity contribution in [3.05, 3.63) is 41.7 Å². The molecule has 0 saturated heterocycles. The highest BCUT2D eigenvalue weighted by Gasteiger charge is 2.28. The highest BCUT2D eigenvalue weighted by molar-refractivity contribution is 5.59. The van der Waals surface area contributed by atoms with Crippen molar-refractivity contribution in [2.45, 2.75) is 32.4 Å². The molecule has 0 spiro atoms. The van der Waals surface area contributed by atoms with Gasteiger partial charge < -0.3 is 9.63 Å². The Kier molecular flexibility index (Phi) is 4.08. The van der Waals surface area contributed by atoms with Crippen LogP contribution in [0.4, 0.5) is 0 Å². The maximum Gasteiger partial charge on any atom is 0.151 e. The second-order valence-corrected chi connectivity index (χ2v) is 6.23. The van der Waals surface area contributed by atoms with Crippen LogP contribution in [0.1, 0.15) is 24.2 Å². The van der Waals surface area contributed by atoms with Crippen molar-refractivity contribution in [3.63, 3.8) is 0 Å². The van der Waals surface area contributed by atoms with Gasteiger partial charge in [-0.2, -0.15) is 0 Å². The van der Waals surface area contributed by atoms with Crippen molar-refractivity contribution >= 4 is 0 Å². The third kappa shape index (κ3) is 3.52. The molecule has 1 N–H and O–H groups in total. The van der Waals surface area contributed by atoms with Crippen molar-refractivity contribution in [2.75, 3.05) is 13.6 Å². The van der Waals surface area contributed by atoms with E-state index in [0.717, 1.165) is 42.9 Å². The van der Waals surface area contributed by atoms with Crippen LogP contribution >= 0.6 is 0 Å². The fourth-order valence-electron chi connectivity index (χ4n) is 2.87. The highest BCUT2D eigenvalue weighted by Crippen LogP contribution is 2.28. The lowest BCUT2D eigenvalue weighted by molar-refractivity contribution is 0.0264. The van der Waals surface area contributed by atoms with Gasteiger partial charge in [0, 0.05) is 18.2 Å². The maximum absolute atomic E-state index is 9.32. The summed E-state index contributed by atoms with van der Waals surface area (Å²) in [6.45, 7) is 3.83. The van der Waals surface area contributed by atoms with Gasteiger partial charge in [0.05, 0.1) is 12.6 Å². The molecule has 0 amide bonds. The van der Waals surface area contributed by atoms with Crippen molar-refractivity contribution in [1.29, 1.82) is 0 Å². The van der Waals surface area contributed by atoms with E-state index >= 15 is 0 Å². The lowest BCUT2D eigenvalue weighted by atomic mass is 9.82. The Hall–Kier alpha value is -1.65. The highest BCUT2D eigenvalue weighted by atomic mass is 16.5. The summed E-state index contributed by atoms with van der Waals surface area (Å²) in [6.07, 6.45) is 1.77. The molecule has 1 aromatic carbocycles. The van der Waals surface area contributed by atoms with Crippen LogP contribution in [0.3, 0.4) is 0 Å². The molecule has 4 nitrogen and oxygen atoms in total. The van der Waals surface area contributed by atoms with E-state index in [0.29, 0.717) is 5.92 Å². The first-order valence-electron chi connectivity index (χ1n) is 7.49. The van der Waals surface area contributed by atoms with Gasteiger partial charge in [-0.05, 0) is 32.7 Å². The van der Waals surface area contributed by atoms with Gasteiger partial charge in [-0.1, -0.05) is 35.0 Å². The second-order valence-electron chi connectivity index (χ2n) is 6.23. The molecule has 1 aliphatic rings. The van der Waals surface area contributed by atoms with Crippen LogP contribution in [0.15, 0.2) is 34.9 Å². The van der Waals surface area contributed by atoms with Gasteiger partial charge in [-0.25, -0.2) is 0 Å². The van der Waals surface area contributed by atoms with Crippen molar-refractivity contribution in [1.82, 2.24) is 10.1 Å². The SMILES string of the molecule is Cc1ccc(-c2cc(CN(C)CC3CC(O)C3)on2)cc1. The van der Waals surface area contributed by atoms with Gasteiger partial charge in [0.25, 0.3) is 0 Å². The Morgan fingerprint density at radius 1 is 1.29 bits per heavy atom. The molecule has 4 heteroatoms. The maximum atomic E-state index is 9.32. The molecule has 1 heterocycles. The summed E-state index contributed by atoms with van der Waals surface area (Å²) >= 11 is 0. The number of aryl methyl sites for hydroxylation is 1. The first-order chi connectivity index (χ1) is 10.1. The fraction of sp³-hybridized carbons (Fsp3) is 0.471. The average molecular weight is 286 g/mol. The monoisotopic (exact) mass is 286 g/mol. The smallest absolute Gasteiger partial charge is 0.151 e. The van der Waals surface area contributed by atoms with Crippen LogP contribution in [0.25, 0.3) is 11.3 Å². The minimum Gasteiger partial charge on any atom is -0.393 e. The zero-order chi connectivity index (χ0) is 14.8. The van der Waals surface area contributed by atoms with E-state index in [1.165, 1.54) is 5.56 Å². The van der Waals surface area contributed by atoms with E-state index in [-0.39, 0.29) is 6.10 Å². The minimum absolute atomic E-state index is 0.0816. The Morgan fingerprint density at radius 3 is 2.67 bits per heavy atom. The van der Waals surface area contributed by atoms with Crippen molar-refractivity contribution in [2.24, 2.45) is 5.92 Å². The largest absolute Gasteiger partial charge is 0.393 e. The number of aliphatic hydroxyl groups is 1. The molecule has 0 atom stereocenters. The predicted octanol–water partition coefficient (Wildman–Crippen LogP) is 2.85. The molecule has 0 bridgehead atoms. The number of benzene rings is 1. The second kappa shape index (κ2) is 6.00. The van der Waals surface area contributed by atoms with E-state index in [1.807, 2.05) is 6.07 Å². The number of hydrogen-bond acceptors (Lipinski definition) is 4. The fourth-order valence-corrected chi connectivity index (χ4v) is 2.87. The molecule has 21 heavy (non-hydrogen) atoms. The van der Waals surface area contributed by atoms with Crippen LogP contribution < -0.4 is 0 Å². The molecule has 0 unspecified atom stereocenters. The summed E-state index contributed by atoms with van der Waals surface area (Å²) in [5.41, 5.74) is 3.21. The molecule has 1 aromatic heterocycles. The first-order valence-corrected chi connectivity index (χ1v) is 7.49. The Labute approximate surface area is 125 Å². The van der Waals surface area contributed by atoms with E-state index in [9.17, 15) is 5.11 Å².